The Bertz CT molecular complexity index is 1120. The lowest BCUT2D eigenvalue weighted by molar-refractivity contribution is 0.632. The van der Waals surface area contributed by atoms with Crippen LogP contribution in [0.2, 0.25) is 5.02 Å². The fraction of sp³-hybridized carbons (Fsp3) is 0.158. The van der Waals surface area contributed by atoms with Crippen LogP contribution in [0.25, 0.3) is 31.4 Å². The van der Waals surface area contributed by atoms with Gasteiger partial charge in [-0.2, -0.15) is 0 Å². The quantitative estimate of drug-likeness (QED) is 0.519. The first-order valence-electron chi connectivity index (χ1n) is 8.21. The van der Waals surface area contributed by atoms with Crippen molar-refractivity contribution in [2.45, 2.75) is 13.0 Å². The summed E-state index contributed by atoms with van der Waals surface area (Å²) >= 11 is 9.44. The molecule has 132 valence electrons. The van der Waals surface area contributed by atoms with Crippen molar-refractivity contribution in [1.29, 1.82) is 0 Å². The van der Waals surface area contributed by atoms with Gasteiger partial charge >= 0.3 is 0 Å². The number of halogens is 1. The van der Waals surface area contributed by atoms with E-state index in [0.717, 1.165) is 11.3 Å². The van der Waals surface area contributed by atoms with Gasteiger partial charge in [0, 0.05) is 21.3 Å². The minimum atomic E-state index is -0.0545. The third kappa shape index (κ3) is 3.21. The lowest BCUT2D eigenvalue weighted by atomic mass is 10.2. The van der Waals surface area contributed by atoms with Gasteiger partial charge in [-0.15, -0.1) is 22.7 Å². The number of aromatic nitrogens is 2. The van der Waals surface area contributed by atoms with Crippen LogP contribution in [0, 0.1) is 0 Å². The van der Waals surface area contributed by atoms with Crippen LogP contribution >= 0.6 is 34.3 Å². The summed E-state index contributed by atoms with van der Waals surface area (Å²) in [6.45, 7) is 1.07. The number of hydrogen-bond donors (Lipinski definition) is 1. The molecule has 0 radical (unpaired) electrons. The molecule has 7 heteroatoms. The first-order chi connectivity index (χ1) is 12.7. The predicted octanol–water partition coefficient (Wildman–Crippen LogP) is 4.86. The van der Waals surface area contributed by atoms with Crippen molar-refractivity contribution in [2.24, 2.45) is 5.73 Å². The van der Waals surface area contributed by atoms with Gasteiger partial charge in [0.05, 0.1) is 15.8 Å². The Morgan fingerprint density at radius 2 is 1.96 bits per heavy atom. The van der Waals surface area contributed by atoms with Gasteiger partial charge in [0.15, 0.2) is 5.82 Å². The largest absolute Gasteiger partial charge is 0.330 e. The highest BCUT2D eigenvalue weighted by atomic mass is 35.5. The molecule has 0 atom stereocenters. The fourth-order valence-electron chi connectivity index (χ4n) is 2.85. The molecule has 3 aromatic heterocycles. The highest BCUT2D eigenvalue weighted by Gasteiger charge is 2.15. The number of nitrogens with zero attached hydrogens (tertiary/aromatic N) is 2. The molecular weight excluding hydrogens is 386 g/mol. The molecule has 0 amide bonds. The average Bonchev–Trinajstić information content (AvgIpc) is 3.32. The lowest BCUT2D eigenvalue weighted by Crippen LogP contribution is -2.24. The number of nitrogens with two attached hydrogens (primary N) is 1. The van der Waals surface area contributed by atoms with Crippen LogP contribution in [0.5, 0.6) is 0 Å². The normalized spacial score (nSPS) is 11.3. The van der Waals surface area contributed by atoms with Crippen molar-refractivity contribution in [3.05, 3.63) is 63.2 Å². The van der Waals surface area contributed by atoms with Gasteiger partial charge in [-0.25, -0.2) is 4.98 Å². The Morgan fingerprint density at radius 3 is 2.73 bits per heavy atom. The Labute approximate surface area is 163 Å². The van der Waals surface area contributed by atoms with Gasteiger partial charge in [0.2, 0.25) is 0 Å². The lowest BCUT2D eigenvalue weighted by Gasteiger charge is -2.12. The second-order valence-corrected chi connectivity index (χ2v) is 8.31. The summed E-state index contributed by atoms with van der Waals surface area (Å²) in [5, 5.41) is 3.20. The minimum Gasteiger partial charge on any atom is -0.330 e. The molecule has 4 nitrogen and oxygen atoms in total. The summed E-state index contributed by atoms with van der Waals surface area (Å²) in [4.78, 5) is 21.1. The van der Waals surface area contributed by atoms with Crippen LogP contribution in [0.3, 0.4) is 0 Å². The molecule has 0 aliphatic rings. The highest BCUT2D eigenvalue weighted by molar-refractivity contribution is 7.23. The standard InChI is InChI=1S/C19H16ClN3OS2/c20-12-4-5-13-14(11-12)22-18(23(19(13)24)9-2-8-21)17-7-6-16(26-17)15-3-1-10-25-15/h1,3-7,10-11H,2,8-9,21H2. The minimum absolute atomic E-state index is 0.0545. The van der Waals surface area contributed by atoms with Crippen LogP contribution in [0.4, 0.5) is 0 Å². The van der Waals surface area contributed by atoms with E-state index in [-0.39, 0.29) is 5.56 Å². The molecule has 0 aliphatic heterocycles. The zero-order valence-corrected chi connectivity index (χ0v) is 16.2. The topological polar surface area (TPSA) is 60.9 Å². The second kappa shape index (κ2) is 7.32. The van der Waals surface area contributed by atoms with Crippen LogP contribution in [-0.4, -0.2) is 16.1 Å². The molecule has 4 aromatic rings. The second-order valence-electron chi connectivity index (χ2n) is 5.84. The summed E-state index contributed by atoms with van der Waals surface area (Å²) < 4.78 is 1.73. The summed E-state index contributed by atoms with van der Waals surface area (Å²) in [6.07, 6.45) is 0.719. The summed E-state index contributed by atoms with van der Waals surface area (Å²) in [6, 6.07) is 13.4. The molecule has 0 aliphatic carbocycles. The predicted molar refractivity (Wildman–Crippen MR) is 111 cm³/mol. The van der Waals surface area contributed by atoms with E-state index in [1.54, 1.807) is 45.4 Å². The van der Waals surface area contributed by atoms with Crippen molar-refractivity contribution >= 4 is 45.2 Å². The van der Waals surface area contributed by atoms with Gasteiger partial charge in [-0.1, -0.05) is 17.7 Å². The Morgan fingerprint density at radius 1 is 1.12 bits per heavy atom. The van der Waals surface area contributed by atoms with E-state index < -0.39 is 0 Å². The Hall–Kier alpha value is -1.99. The van der Waals surface area contributed by atoms with Gasteiger partial charge in [-0.3, -0.25) is 9.36 Å². The summed E-state index contributed by atoms with van der Waals surface area (Å²) in [5.74, 6) is 0.672. The highest BCUT2D eigenvalue weighted by Crippen LogP contribution is 2.36. The van der Waals surface area contributed by atoms with E-state index in [0.29, 0.717) is 34.8 Å². The van der Waals surface area contributed by atoms with Gasteiger partial charge < -0.3 is 5.73 Å². The molecule has 0 fully saturated rings. The molecule has 0 unspecified atom stereocenters. The number of benzene rings is 1. The van der Waals surface area contributed by atoms with Crippen LogP contribution in [0.1, 0.15) is 6.42 Å². The third-order valence-corrected chi connectivity index (χ3v) is 6.48. The van der Waals surface area contributed by atoms with Crippen LogP contribution in [0.15, 0.2) is 52.6 Å². The smallest absolute Gasteiger partial charge is 0.261 e. The average molecular weight is 402 g/mol. The van der Waals surface area contributed by atoms with Crippen molar-refractivity contribution in [1.82, 2.24) is 9.55 Å². The molecule has 0 spiro atoms. The molecule has 4 rings (SSSR count). The number of thiophene rings is 2. The van der Waals surface area contributed by atoms with Crippen LogP contribution in [-0.2, 0) is 6.54 Å². The molecule has 26 heavy (non-hydrogen) atoms. The fourth-order valence-corrected chi connectivity index (χ4v) is 4.85. The van der Waals surface area contributed by atoms with E-state index in [4.69, 9.17) is 22.3 Å². The zero-order chi connectivity index (χ0) is 18.1. The molecule has 1 aromatic carbocycles. The van der Waals surface area contributed by atoms with Crippen molar-refractivity contribution in [3.8, 4) is 20.5 Å². The molecule has 2 N–H and O–H groups in total. The number of fused-ring (bicyclic) bond motifs is 1. The molecule has 0 bridgehead atoms. The maximum absolute atomic E-state index is 13.0. The maximum atomic E-state index is 13.0. The van der Waals surface area contributed by atoms with E-state index >= 15 is 0 Å². The molecule has 3 heterocycles. The number of hydrogen-bond acceptors (Lipinski definition) is 5. The van der Waals surface area contributed by atoms with Crippen LogP contribution < -0.4 is 11.3 Å². The van der Waals surface area contributed by atoms with E-state index in [1.165, 1.54) is 9.75 Å². The molecule has 0 saturated carbocycles. The monoisotopic (exact) mass is 401 g/mol. The zero-order valence-electron chi connectivity index (χ0n) is 13.8. The summed E-state index contributed by atoms with van der Waals surface area (Å²) in [7, 11) is 0. The third-order valence-electron chi connectivity index (χ3n) is 4.09. The van der Waals surface area contributed by atoms with E-state index in [2.05, 4.69) is 17.5 Å². The van der Waals surface area contributed by atoms with Crippen molar-refractivity contribution in [3.63, 3.8) is 0 Å². The van der Waals surface area contributed by atoms with Crippen molar-refractivity contribution < 1.29 is 0 Å². The first-order valence-corrected chi connectivity index (χ1v) is 10.3. The summed E-state index contributed by atoms with van der Waals surface area (Å²) in [5.41, 5.74) is 6.23. The SMILES string of the molecule is NCCCn1c(-c2ccc(-c3cccs3)s2)nc2cc(Cl)ccc2c1=O. The Balaban J connectivity index is 1.91. The van der Waals surface area contributed by atoms with E-state index in [9.17, 15) is 4.79 Å². The van der Waals surface area contributed by atoms with Gasteiger partial charge in [0.25, 0.3) is 5.56 Å². The van der Waals surface area contributed by atoms with Gasteiger partial charge in [0.1, 0.15) is 0 Å². The van der Waals surface area contributed by atoms with Crippen molar-refractivity contribution in [2.75, 3.05) is 6.54 Å². The number of rotatable bonds is 5. The van der Waals surface area contributed by atoms with E-state index in [1.807, 2.05) is 12.1 Å². The maximum Gasteiger partial charge on any atom is 0.261 e. The Kier molecular flexibility index (Phi) is 4.91. The first kappa shape index (κ1) is 17.4. The molecular formula is C19H16ClN3OS2. The molecule has 0 saturated heterocycles. The van der Waals surface area contributed by atoms with Gasteiger partial charge in [-0.05, 0) is 54.7 Å².